The highest BCUT2D eigenvalue weighted by molar-refractivity contribution is 5.96. The largest absolute Gasteiger partial charge is 0.397 e. The molecule has 3 aromatic rings. The summed E-state index contributed by atoms with van der Waals surface area (Å²) >= 11 is 0. The molecule has 0 saturated carbocycles. The number of anilines is 2. The molecule has 0 radical (unpaired) electrons. The average Bonchev–Trinajstić information content (AvgIpc) is 2.85. The number of rotatable bonds is 3. The summed E-state index contributed by atoms with van der Waals surface area (Å²) in [6.45, 7) is 1.95. The molecule has 5 nitrogen and oxygen atoms in total. The third-order valence-electron chi connectivity index (χ3n) is 3.26. The molecular weight excluding hydrogens is 266 g/mol. The first-order valence-corrected chi connectivity index (χ1v) is 6.63. The predicted molar refractivity (Wildman–Crippen MR) is 81.9 cm³/mol. The van der Waals surface area contributed by atoms with Crippen LogP contribution >= 0.6 is 0 Å². The Morgan fingerprint density at radius 3 is 2.90 bits per heavy atom. The highest BCUT2D eigenvalue weighted by Gasteiger charge is 2.13. The number of nitrogens with one attached hydrogen (secondary N) is 1. The molecule has 106 valence electrons. The summed E-state index contributed by atoms with van der Waals surface area (Å²) in [7, 11) is 0. The molecule has 0 aliphatic heterocycles. The van der Waals surface area contributed by atoms with Crippen molar-refractivity contribution in [3.8, 4) is 0 Å². The second-order valence-corrected chi connectivity index (χ2v) is 4.94. The third kappa shape index (κ3) is 2.72. The SMILES string of the molecule is Cc1ccc(NC(=O)Cc2noc3ccccc23)c(N)c1. The van der Waals surface area contributed by atoms with E-state index in [-0.39, 0.29) is 12.3 Å². The monoisotopic (exact) mass is 281 g/mol. The van der Waals surface area contributed by atoms with E-state index in [1.807, 2.05) is 43.3 Å². The summed E-state index contributed by atoms with van der Waals surface area (Å²) in [5, 5.41) is 7.59. The number of aryl methyl sites for hydroxylation is 1. The number of nitrogens with two attached hydrogens (primary N) is 1. The van der Waals surface area contributed by atoms with Crippen LogP contribution in [0.5, 0.6) is 0 Å². The van der Waals surface area contributed by atoms with Gasteiger partial charge in [0.15, 0.2) is 5.58 Å². The molecule has 0 aliphatic carbocycles. The minimum absolute atomic E-state index is 0.143. The Bertz CT molecular complexity index is 808. The van der Waals surface area contributed by atoms with Gasteiger partial charge in [-0.2, -0.15) is 0 Å². The van der Waals surface area contributed by atoms with E-state index in [2.05, 4.69) is 10.5 Å². The fourth-order valence-corrected chi connectivity index (χ4v) is 2.21. The van der Waals surface area contributed by atoms with Crippen molar-refractivity contribution < 1.29 is 9.32 Å². The smallest absolute Gasteiger partial charge is 0.230 e. The van der Waals surface area contributed by atoms with Crippen molar-refractivity contribution in [1.29, 1.82) is 0 Å². The van der Waals surface area contributed by atoms with E-state index in [1.165, 1.54) is 0 Å². The molecule has 21 heavy (non-hydrogen) atoms. The number of nitrogen functional groups attached to an aromatic ring is 1. The molecule has 1 heterocycles. The average molecular weight is 281 g/mol. The maximum atomic E-state index is 12.1. The zero-order chi connectivity index (χ0) is 14.8. The fraction of sp³-hybridized carbons (Fsp3) is 0.125. The van der Waals surface area contributed by atoms with Crippen molar-refractivity contribution in [2.45, 2.75) is 13.3 Å². The molecule has 0 aliphatic rings. The Kier molecular flexibility index (Phi) is 3.31. The van der Waals surface area contributed by atoms with Gasteiger partial charge in [0.2, 0.25) is 5.91 Å². The topological polar surface area (TPSA) is 81.2 Å². The van der Waals surface area contributed by atoms with Gasteiger partial charge in [-0.15, -0.1) is 0 Å². The third-order valence-corrected chi connectivity index (χ3v) is 3.26. The summed E-state index contributed by atoms with van der Waals surface area (Å²) in [5.74, 6) is -0.176. The Morgan fingerprint density at radius 2 is 2.10 bits per heavy atom. The van der Waals surface area contributed by atoms with Crippen molar-refractivity contribution in [2.24, 2.45) is 0 Å². The van der Waals surface area contributed by atoms with Gasteiger partial charge in [-0.1, -0.05) is 23.4 Å². The molecule has 0 fully saturated rings. The highest BCUT2D eigenvalue weighted by atomic mass is 16.5. The predicted octanol–water partition coefficient (Wildman–Crippen LogP) is 2.90. The number of hydrogen-bond acceptors (Lipinski definition) is 4. The van der Waals surface area contributed by atoms with E-state index in [0.717, 1.165) is 10.9 Å². The standard InChI is InChI=1S/C16H15N3O2/c1-10-6-7-13(12(17)8-10)18-16(20)9-14-11-4-2-3-5-15(11)21-19-14/h2-8H,9,17H2,1H3,(H,18,20). The van der Waals surface area contributed by atoms with E-state index < -0.39 is 0 Å². The van der Waals surface area contributed by atoms with Crippen molar-refractivity contribution in [3.63, 3.8) is 0 Å². The molecule has 0 unspecified atom stereocenters. The number of fused-ring (bicyclic) bond motifs is 1. The number of para-hydroxylation sites is 1. The number of amides is 1. The molecule has 0 saturated heterocycles. The van der Waals surface area contributed by atoms with Crippen LogP contribution in [0.4, 0.5) is 11.4 Å². The molecule has 0 atom stereocenters. The zero-order valence-corrected chi connectivity index (χ0v) is 11.6. The second-order valence-electron chi connectivity index (χ2n) is 4.94. The number of carbonyl (C=O) groups is 1. The lowest BCUT2D eigenvalue weighted by Crippen LogP contribution is -2.15. The van der Waals surface area contributed by atoms with Crippen LogP contribution in [0.25, 0.3) is 11.0 Å². The van der Waals surface area contributed by atoms with Crippen molar-refractivity contribution >= 4 is 28.3 Å². The lowest BCUT2D eigenvalue weighted by atomic mass is 10.1. The van der Waals surface area contributed by atoms with Crippen LogP contribution in [0.2, 0.25) is 0 Å². The summed E-state index contributed by atoms with van der Waals surface area (Å²) in [6, 6.07) is 13.0. The van der Waals surface area contributed by atoms with E-state index in [1.54, 1.807) is 6.07 Å². The van der Waals surface area contributed by atoms with Gasteiger partial charge in [0.25, 0.3) is 0 Å². The number of aromatic nitrogens is 1. The number of hydrogen-bond donors (Lipinski definition) is 2. The van der Waals surface area contributed by atoms with Crippen molar-refractivity contribution in [3.05, 3.63) is 53.7 Å². The van der Waals surface area contributed by atoms with Crippen LogP contribution < -0.4 is 11.1 Å². The number of carbonyl (C=O) groups excluding carboxylic acids is 1. The van der Waals surface area contributed by atoms with Gasteiger partial charge < -0.3 is 15.6 Å². The maximum absolute atomic E-state index is 12.1. The Morgan fingerprint density at radius 1 is 1.29 bits per heavy atom. The van der Waals surface area contributed by atoms with Gasteiger partial charge in [0.1, 0.15) is 5.69 Å². The van der Waals surface area contributed by atoms with Gasteiger partial charge in [0.05, 0.1) is 17.8 Å². The quantitative estimate of drug-likeness (QED) is 0.723. The molecule has 2 aromatic carbocycles. The molecule has 0 bridgehead atoms. The molecule has 1 amide bonds. The minimum Gasteiger partial charge on any atom is -0.397 e. The number of nitrogens with zero attached hydrogens (tertiary/aromatic N) is 1. The van der Waals surface area contributed by atoms with Gasteiger partial charge in [0, 0.05) is 5.39 Å². The van der Waals surface area contributed by atoms with E-state index >= 15 is 0 Å². The zero-order valence-electron chi connectivity index (χ0n) is 11.6. The van der Waals surface area contributed by atoms with E-state index in [9.17, 15) is 4.79 Å². The van der Waals surface area contributed by atoms with Crippen LogP contribution in [0, 0.1) is 6.92 Å². The summed E-state index contributed by atoms with van der Waals surface area (Å²) in [4.78, 5) is 12.1. The summed E-state index contributed by atoms with van der Waals surface area (Å²) in [6.07, 6.45) is 0.143. The maximum Gasteiger partial charge on any atom is 0.230 e. The lowest BCUT2D eigenvalue weighted by molar-refractivity contribution is -0.115. The second kappa shape index (κ2) is 5.28. The van der Waals surface area contributed by atoms with Crippen LogP contribution in [0.1, 0.15) is 11.3 Å². The Hall–Kier alpha value is -2.82. The molecule has 0 spiro atoms. The molecule has 1 aromatic heterocycles. The van der Waals surface area contributed by atoms with Crippen molar-refractivity contribution in [2.75, 3.05) is 11.1 Å². The molecule has 5 heteroatoms. The van der Waals surface area contributed by atoms with Gasteiger partial charge in [-0.25, -0.2) is 0 Å². The summed E-state index contributed by atoms with van der Waals surface area (Å²) < 4.78 is 5.18. The highest BCUT2D eigenvalue weighted by Crippen LogP contribution is 2.21. The van der Waals surface area contributed by atoms with Crippen LogP contribution in [0.15, 0.2) is 47.0 Å². The lowest BCUT2D eigenvalue weighted by Gasteiger charge is -2.08. The molecule has 3 rings (SSSR count). The van der Waals surface area contributed by atoms with Crippen LogP contribution in [-0.4, -0.2) is 11.1 Å². The minimum atomic E-state index is -0.176. The van der Waals surface area contributed by atoms with Gasteiger partial charge >= 0.3 is 0 Å². The first kappa shape index (κ1) is 13.2. The van der Waals surface area contributed by atoms with Gasteiger partial charge in [-0.3, -0.25) is 4.79 Å². The van der Waals surface area contributed by atoms with Crippen molar-refractivity contribution in [1.82, 2.24) is 5.16 Å². The fourth-order valence-electron chi connectivity index (χ4n) is 2.21. The molecular formula is C16H15N3O2. The summed E-state index contributed by atoms with van der Waals surface area (Å²) in [5.41, 5.74) is 9.39. The normalized spacial score (nSPS) is 10.7. The Labute approximate surface area is 121 Å². The van der Waals surface area contributed by atoms with E-state index in [4.69, 9.17) is 10.3 Å². The number of benzene rings is 2. The molecule has 3 N–H and O–H groups in total. The van der Waals surface area contributed by atoms with Crippen LogP contribution in [0.3, 0.4) is 0 Å². The van der Waals surface area contributed by atoms with Gasteiger partial charge in [-0.05, 0) is 36.8 Å². The van der Waals surface area contributed by atoms with Crippen LogP contribution in [-0.2, 0) is 11.2 Å². The first-order valence-electron chi connectivity index (χ1n) is 6.63. The first-order chi connectivity index (χ1) is 10.1. The van der Waals surface area contributed by atoms with E-state index in [0.29, 0.717) is 22.7 Å². The Balaban J connectivity index is 1.77.